The van der Waals surface area contributed by atoms with Crippen molar-refractivity contribution in [3.05, 3.63) is 107 Å². The standard InChI is InChI=1S/C20H33NO.C18H15ClF3N3O2/c1-15(12-21-13-16(2)22-17(3)14-21)11-18-7-9-19(10-8-18)20(4,5)6;1-17(26,9-25-11-23-10-24-25)15-7-6-14(8-16(15)18(20,21)22)27-13-4-2-12(19)3-5-13/h7-10,15-17H,11-14H2,1-6H3;2-8,10-11,26H,9H2,1H3/t15?,16-,17+;. The van der Waals surface area contributed by atoms with Gasteiger partial charge in [0.2, 0.25) is 0 Å². The van der Waals surface area contributed by atoms with Crippen LogP contribution < -0.4 is 4.74 Å². The van der Waals surface area contributed by atoms with Gasteiger partial charge in [-0.25, -0.2) is 9.67 Å². The third kappa shape index (κ3) is 11.6. The highest BCUT2D eigenvalue weighted by atomic mass is 35.5. The number of aliphatic hydroxyl groups is 1. The number of ether oxygens (including phenoxy) is 2. The van der Waals surface area contributed by atoms with Gasteiger partial charge in [-0.1, -0.05) is 69.6 Å². The Hall–Kier alpha value is -3.44. The van der Waals surface area contributed by atoms with Gasteiger partial charge in [0.1, 0.15) is 29.8 Å². The normalized spacial score (nSPS) is 19.0. The zero-order valence-corrected chi connectivity index (χ0v) is 30.1. The lowest BCUT2D eigenvalue weighted by atomic mass is 9.86. The highest BCUT2D eigenvalue weighted by Gasteiger charge is 2.39. The maximum absolute atomic E-state index is 13.6. The second kappa shape index (κ2) is 16.1. The molecule has 1 fully saturated rings. The average molecular weight is 701 g/mol. The fourth-order valence-electron chi connectivity index (χ4n) is 6.13. The predicted octanol–water partition coefficient (Wildman–Crippen LogP) is 8.92. The van der Waals surface area contributed by atoms with Gasteiger partial charge in [-0.3, -0.25) is 4.90 Å². The van der Waals surface area contributed by atoms with Crippen LogP contribution in [0.1, 0.15) is 70.7 Å². The van der Waals surface area contributed by atoms with E-state index >= 15 is 0 Å². The van der Waals surface area contributed by atoms with Crippen LogP contribution in [0.3, 0.4) is 0 Å². The Kier molecular flexibility index (Phi) is 12.6. The summed E-state index contributed by atoms with van der Waals surface area (Å²) >= 11 is 5.79. The molecule has 7 nitrogen and oxygen atoms in total. The quantitative estimate of drug-likeness (QED) is 0.188. The van der Waals surface area contributed by atoms with Crippen LogP contribution in [0.25, 0.3) is 0 Å². The molecular formula is C38H48ClF3N4O3. The fraction of sp³-hybridized carbons (Fsp3) is 0.474. The first kappa shape index (κ1) is 38.4. The van der Waals surface area contributed by atoms with Gasteiger partial charge in [0.15, 0.2) is 0 Å². The second-order valence-electron chi connectivity index (χ2n) is 14.4. The van der Waals surface area contributed by atoms with Gasteiger partial charge in [-0.05, 0) is 91.6 Å². The monoisotopic (exact) mass is 700 g/mol. The molecule has 1 saturated heterocycles. The molecule has 1 aromatic heterocycles. The Bertz CT molecular complexity index is 1600. The zero-order valence-electron chi connectivity index (χ0n) is 29.3. The predicted molar refractivity (Wildman–Crippen MR) is 187 cm³/mol. The minimum Gasteiger partial charge on any atom is -0.457 e. The topological polar surface area (TPSA) is 72.6 Å². The van der Waals surface area contributed by atoms with E-state index in [0.717, 1.165) is 25.6 Å². The SMILES string of the molecule is CC(Cc1ccc(C(C)(C)C)cc1)CN1C[C@@H](C)O[C@@H](C)C1.CC(O)(Cn1cncn1)c1ccc(Oc2ccc(Cl)cc2)cc1C(F)(F)F. The van der Waals surface area contributed by atoms with Crippen LogP contribution in [-0.4, -0.2) is 56.6 Å². The summed E-state index contributed by atoms with van der Waals surface area (Å²) in [7, 11) is 0. The van der Waals surface area contributed by atoms with Crippen molar-refractivity contribution in [2.45, 2.75) is 90.8 Å². The minimum atomic E-state index is -4.68. The highest BCUT2D eigenvalue weighted by Crippen LogP contribution is 2.40. The van der Waals surface area contributed by atoms with E-state index < -0.39 is 17.3 Å². The number of rotatable bonds is 9. The van der Waals surface area contributed by atoms with Crippen molar-refractivity contribution < 1.29 is 27.8 Å². The van der Waals surface area contributed by atoms with E-state index in [2.05, 4.69) is 80.8 Å². The second-order valence-corrected chi connectivity index (χ2v) is 14.8. The van der Waals surface area contributed by atoms with Gasteiger partial charge < -0.3 is 14.6 Å². The van der Waals surface area contributed by atoms with E-state index in [-0.39, 0.29) is 23.3 Å². The smallest absolute Gasteiger partial charge is 0.416 e. The van der Waals surface area contributed by atoms with Crippen molar-refractivity contribution in [3.63, 3.8) is 0 Å². The molecule has 0 bridgehead atoms. The van der Waals surface area contributed by atoms with E-state index in [9.17, 15) is 18.3 Å². The van der Waals surface area contributed by atoms with Crippen molar-refractivity contribution >= 4 is 11.6 Å². The van der Waals surface area contributed by atoms with Gasteiger partial charge in [-0.2, -0.15) is 18.3 Å². The third-order valence-electron chi connectivity index (χ3n) is 8.33. The maximum Gasteiger partial charge on any atom is 0.416 e. The van der Waals surface area contributed by atoms with E-state index in [0.29, 0.717) is 28.9 Å². The number of aromatic nitrogens is 3. The summed E-state index contributed by atoms with van der Waals surface area (Å²) in [5.41, 5.74) is 0.0179. The summed E-state index contributed by atoms with van der Waals surface area (Å²) in [5.74, 6) is 1.01. The number of alkyl halides is 3. The Morgan fingerprint density at radius 1 is 0.918 bits per heavy atom. The molecule has 49 heavy (non-hydrogen) atoms. The molecule has 5 rings (SSSR count). The largest absolute Gasteiger partial charge is 0.457 e. The van der Waals surface area contributed by atoms with Crippen molar-refractivity contribution in [2.24, 2.45) is 5.92 Å². The van der Waals surface area contributed by atoms with Crippen molar-refractivity contribution in [2.75, 3.05) is 19.6 Å². The molecule has 3 aromatic carbocycles. The molecule has 0 aliphatic carbocycles. The molecule has 2 heterocycles. The van der Waals surface area contributed by atoms with Crippen LogP contribution in [0.2, 0.25) is 5.02 Å². The lowest BCUT2D eigenvalue weighted by molar-refractivity contribution is -0.140. The van der Waals surface area contributed by atoms with Crippen LogP contribution in [0.5, 0.6) is 11.5 Å². The molecule has 4 atom stereocenters. The molecule has 0 spiro atoms. The van der Waals surface area contributed by atoms with Gasteiger partial charge >= 0.3 is 6.18 Å². The first-order valence-corrected chi connectivity index (χ1v) is 16.9. The Morgan fingerprint density at radius 3 is 2.08 bits per heavy atom. The van der Waals surface area contributed by atoms with Gasteiger partial charge in [0.25, 0.3) is 0 Å². The van der Waals surface area contributed by atoms with Crippen LogP contribution in [0, 0.1) is 5.92 Å². The molecule has 0 radical (unpaired) electrons. The summed E-state index contributed by atoms with van der Waals surface area (Å²) in [4.78, 5) is 6.29. The molecule has 1 N–H and O–H groups in total. The van der Waals surface area contributed by atoms with Crippen LogP contribution in [-0.2, 0) is 34.9 Å². The third-order valence-corrected chi connectivity index (χ3v) is 8.58. The Labute approximate surface area is 293 Å². The summed E-state index contributed by atoms with van der Waals surface area (Å²) < 4.78 is 53.4. The highest BCUT2D eigenvalue weighted by molar-refractivity contribution is 6.30. The lowest BCUT2D eigenvalue weighted by Crippen LogP contribution is -2.47. The summed E-state index contributed by atoms with van der Waals surface area (Å²) in [6, 6.07) is 18.9. The first-order chi connectivity index (χ1) is 22.9. The minimum absolute atomic E-state index is 0.00930. The van der Waals surface area contributed by atoms with Crippen molar-refractivity contribution in [1.82, 2.24) is 19.7 Å². The molecule has 4 aromatic rings. The van der Waals surface area contributed by atoms with Gasteiger partial charge in [-0.15, -0.1) is 0 Å². The molecule has 11 heteroatoms. The molecule has 1 aliphatic rings. The number of hydrogen-bond donors (Lipinski definition) is 1. The van der Waals surface area contributed by atoms with E-state index in [1.54, 1.807) is 24.3 Å². The van der Waals surface area contributed by atoms with E-state index in [4.69, 9.17) is 21.1 Å². The molecule has 0 amide bonds. The Balaban J connectivity index is 0.000000226. The maximum atomic E-state index is 13.6. The number of nitrogens with zero attached hydrogens (tertiary/aromatic N) is 4. The fourth-order valence-corrected chi connectivity index (χ4v) is 6.25. The zero-order chi connectivity index (χ0) is 36.0. The number of benzene rings is 3. The summed E-state index contributed by atoms with van der Waals surface area (Å²) in [6.45, 7) is 17.9. The average Bonchev–Trinajstić information content (AvgIpc) is 3.50. The number of morpholine rings is 1. The number of hydrogen-bond acceptors (Lipinski definition) is 6. The molecule has 1 aliphatic heterocycles. The van der Waals surface area contributed by atoms with Crippen LogP contribution in [0.4, 0.5) is 13.2 Å². The molecular weight excluding hydrogens is 653 g/mol. The summed E-state index contributed by atoms with van der Waals surface area (Å²) in [5, 5.41) is 15.0. The number of halogens is 4. The molecule has 0 saturated carbocycles. The van der Waals surface area contributed by atoms with Crippen molar-refractivity contribution in [3.8, 4) is 11.5 Å². The van der Waals surface area contributed by atoms with Gasteiger partial charge in [0.05, 0.1) is 24.3 Å². The van der Waals surface area contributed by atoms with Gasteiger partial charge in [0, 0.05) is 24.7 Å². The van der Waals surface area contributed by atoms with Crippen molar-refractivity contribution in [1.29, 1.82) is 0 Å². The molecule has 2 unspecified atom stereocenters. The van der Waals surface area contributed by atoms with E-state index in [1.165, 1.54) is 54.1 Å². The Morgan fingerprint density at radius 2 is 1.53 bits per heavy atom. The first-order valence-electron chi connectivity index (χ1n) is 16.6. The molecule has 266 valence electrons. The van der Waals surface area contributed by atoms with Crippen LogP contribution in [0.15, 0.2) is 79.4 Å². The lowest BCUT2D eigenvalue weighted by Gasteiger charge is -2.36. The van der Waals surface area contributed by atoms with Crippen LogP contribution >= 0.6 is 11.6 Å². The van der Waals surface area contributed by atoms with E-state index in [1.807, 2.05) is 0 Å². The summed E-state index contributed by atoms with van der Waals surface area (Å²) in [6.07, 6.45) is -0.237.